The molecule has 1 rings (SSSR count). The van der Waals surface area contributed by atoms with Crippen molar-refractivity contribution in [3.05, 3.63) is 18.2 Å². The molecule has 0 saturated heterocycles. The number of halogens is 2. The molecule has 0 aliphatic heterocycles. The van der Waals surface area contributed by atoms with E-state index >= 15 is 0 Å². The molecule has 20 heteroatoms. The van der Waals surface area contributed by atoms with Crippen LogP contribution < -0.4 is 65.3 Å². The first-order valence-corrected chi connectivity index (χ1v) is 10.5. The Morgan fingerprint density at radius 3 is 1.50 bits per heavy atom. The van der Waals surface area contributed by atoms with Crippen LogP contribution in [0.3, 0.4) is 0 Å². The van der Waals surface area contributed by atoms with Crippen LogP contribution in [0.15, 0.2) is 12.5 Å². The minimum atomic E-state index is -4.94. The smallest absolute Gasteiger partial charge is 0.548 e. The molecule has 1 atom stereocenters. The third kappa shape index (κ3) is 43.2. The Hall–Kier alpha value is -0.754. The van der Waals surface area contributed by atoms with E-state index in [1.165, 1.54) is 12.5 Å². The van der Waals surface area contributed by atoms with E-state index in [1.54, 1.807) is 0 Å². The van der Waals surface area contributed by atoms with Crippen LogP contribution in [0, 0.1) is 20.5 Å². The van der Waals surface area contributed by atoms with Gasteiger partial charge in [0.2, 0.25) is 0 Å². The quantitative estimate of drug-likeness (QED) is 0.188. The van der Waals surface area contributed by atoms with E-state index in [0.717, 1.165) is 19.6 Å². The fourth-order valence-corrected chi connectivity index (χ4v) is 1.60. The van der Waals surface area contributed by atoms with Gasteiger partial charge in [0.25, 0.3) is 0 Å². The maximum atomic E-state index is 10.2. The largest absolute Gasteiger partial charge is 3.00 e. The Morgan fingerprint density at radius 2 is 1.28 bits per heavy atom. The minimum absolute atomic E-state index is 0. The Balaban J connectivity index is -0.000000172. The molecule has 0 amide bonds. The van der Waals surface area contributed by atoms with E-state index in [9.17, 15) is 9.90 Å². The third-order valence-electron chi connectivity index (χ3n) is 2.63. The molecule has 0 aliphatic carbocycles. The predicted octanol–water partition coefficient (Wildman–Crippen LogP) is -13.3. The normalized spacial score (nSPS) is 11.5. The Kier molecular flexibility index (Phi) is 26.5. The van der Waals surface area contributed by atoms with E-state index in [-0.39, 0.29) is 23.2 Å². The molecule has 0 aromatic carbocycles. The van der Waals surface area contributed by atoms with Crippen LogP contribution in [-0.2, 0) is 28.0 Å². The van der Waals surface area contributed by atoms with Gasteiger partial charge in [0.15, 0.2) is 0 Å². The second-order valence-electron chi connectivity index (χ2n) is 5.17. The van der Waals surface area contributed by atoms with Crippen molar-refractivity contribution in [1.82, 2.24) is 14.9 Å². The van der Waals surface area contributed by atoms with Gasteiger partial charge in [-0.3, -0.25) is 4.90 Å². The summed E-state index contributed by atoms with van der Waals surface area (Å²) in [5.41, 5.74) is 22.0. The van der Waals surface area contributed by atoms with Gasteiger partial charge in [0, 0.05) is 63.6 Å². The molecule has 0 bridgehead atoms. The number of rotatable bonds is 9. The summed E-state index contributed by atoms with van der Waals surface area (Å²) in [5, 5.41) is 10.2. The summed E-state index contributed by atoms with van der Waals surface area (Å²) in [5.74, 6) is -1.25. The number of hydrogen-bond donors (Lipinski definition) is 5. The molecule has 32 heavy (non-hydrogen) atoms. The fraction of sp³-hybridized carbons (Fsp3) is 0.667. The maximum absolute atomic E-state index is 10.2. The number of carboxylic acids is 1. The van der Waals surface area contributed by atoms with Gasteiger partial charge in [0.1, 0.15) is 0 Å². The van der Waals surface area contributed by atoms with Crippen molar-refractivity contribution in [3.8, 4) is 0 Å². The van der Waals surface area contributed by atoms with Gasteiger partial charge >= 0.3 is 16.8 Å². The number of hydrogen-bond acceptors (Lipinski definition) is 16. The Bertz CT molecular complexity index is 499. The van der Waals surface area contributed by atoms with Gasteiger partial charge in [0.05, 0.1) is 12.3 Å². The minimum Gasteiger partial charge on any atom is -0.548 e. The van der Waals surface area contributed by atoms with Crippen molar-refractivity contribution >= 4 is 5.97 Å². The van der Waals surface area contributed by atoms with Crippen molar-refractivity contribution in [3.63, 3.8) is 0 Å². The summed E-state index contributed by atoms with van der Waals surface area (Å²) in [7, 11) is -9.89. The van der Waals surface area contributed by atoms with Gasteiger partial charge in [-0.05, 0) is 0 Å². The Morgan fingerprint density at radius 1 is 0.938 bits per heavy atom. The molecule has 192 valence electrons. The number of aliphatic carboxylic acids is 1. The second-order valence-corrected chi connectivity index (χ2v) is 6.68. The molecular weight excluding hydrogens is 532 g/mol. The van der Waals surface area contributed by atoms with E-state index in [0.29, 0.717) is 25.3 Å². The van der Waals surface area contributed by atoms with Crippen LogP contribution in [0.5, 0.6) is 0 Å². The molecule has 0 saturated carbocycles. The molecule has 0 fully saturated rings. The molecule has 1 aromatic rings. The zero-order valence-electron chi connectivity index (χ0n) is 16.6. The summed E-state index contributed by atoms with van der Waals surface area (Å²) in [6, 6.07) is -0.963. The summed E-state index contributed by atoms with van der Waals surface area (Å²) < 4.78 is 67.9. The number of nitrogens with two attached hydrogens (primary N) is 4. The number of imidazole rings is 1. The van der Waals surface area contributed by atoms with Crippen LogP contribution in [0.2, 0.25) is 0 Å². The number of carbonyl (C=O) groups excluding carboxylic acids is 1. The van der Waals surface area contributed by atoms with Crippen LogP contribution in [0.1, 0.15) is 5.69 Å². The molecule has 17 nitrogen and oxygen atoms in total. The Labute approximate surface area is 198 Å². The van der Waals surface area contributed by atoms with E-state index in [1.807, 2.05) is 0 Å². The number of aromatic amines is 1. The predicted molar refractivity (Wildman–Crippen MR) is 78.9 cm³/mol. The zero-order chi connectivity index (χ0) is 25.1. The van der Waals surface area contributed by atoms with Gasteiger partial charge < -0.3 is 37.8 Å². The van der Waals surface area contributed by atoms with Gasteiger partial charge in [-0.1, -0.05) is 0 Å². The number of aromatic nitrogens is 2. The zero-order valence-corrected chi connectivity index (χ0v) is 19.1. The second kappa shape index (κ2) is 22.1. The molecule has 0 spiro atoms. The molecule has 1 heterocycles. The van der Waals surface area contributed by atoms with Crippen LogP contribution >= 0.6 is 0 Å². The van der Waals surface area contributed by atoms with E-state index in [4.69, 9.17) is 60.2 Å². The van der Waals surface area contributed by atoms with E-state index < -0.39 is 32.5 Å². The van der Waals surface area contributed by atoms with Gasteiger partial charge in [-0.2, -0.15) is 0 Å². The topological polar surface area (TPSA) is 361 Å². The average Bonchev–Trinajstić information content (AvgIpc) is 3.06. The molecular formula is C12H26Cl2CoN7O10. The summed E-state index contributed by atoms with van der Waals surface area (Å²) in [4.78, 5) is 18.8. The van der Waals surface area contributed by atoms with Crippen LogP contribution in [0.25, 0.3) is 0 Å². The van der Waals surface area contributed by atoms with E-state index in [2.05, 4.69) is 14.9 Å². The maximum Gasteiger partial charge on any atom is 3.00 e. The first kappa shape index (κ1) is 38.5. The molecule has 1 aromatic heterocycles. The van der Waals surface area contributed by atoms with Gasteiger partial charge in [-0.25, -0.2) is 42.3 Å². The first-order chi connectivity index (χ1) is 14.0. The number of H-pyrrole nitrogens is 1. The first-order valence-electron chi connectivity index (χ1n) is 8.04. The van der Waals surface area contributed by atoms with Crippen molar-refractivity contribution < 1.29 is 84.4 Å². The van der Waals surface area contributed by atoms with Crippen molar-refractivity contribution in [2.75, 3.05) is 39.3 Å². The molecule has 0 aliphatic rings. The van der Waals surface area contributed by atoms with Gasteiger partial charge in [-0.15, -0.1) is 20.5 Å². The SMILES string of the molecule is NCCN(CCN)CCN.N[C@H](Cc1cnc[nH]1)C(=O)[O-].[Co+3].[O-][Cl+3]([O-])([O-])[O-].[O-][Cl+3]([O-])([O-])[O-]. The molecule has 0 radical (unpaired) electrons. The number of carboxylic acid groups (broad SMARTS) is 1. The number of nitrogens with zero attached hydrogens (tertiary/aromatic N) is 2. The number of nitrogens with one attached hydrogen (secondary N) is 1. The number of carbonyl (C=O) groups is 1. The third-order valence-corrected chi connectivity index (χ3v) is 2.63. The standard InChI is InChI=1S/C6H18N4.C6H9N3O2.2ClHO4.Co/c7-1-4-10(5-2-8)6-3-9;7-5(6(10)11)1-4-2-8-3-9-4;2*2-1(3,4)5;/h1-9H2;2-3,5H,1,7H2,(H,8,9)(H,10,11);2*(H,2,3,4,5);/q;;;;+3/p-3/t;5-;;;/m.1.../s1. The van der Waals surface area contributed by atoms with Crippen molar-refractivity contribution in [2.24, 2.45) is 22.9 Å². The molecule has 9 N–H and O–H groups in total. The van der Waals surface area contributed by atoms with Crippen molar-refractivity contribution in [2.45, 2.75) is 12.5 Å². The van der Waals surface area contributed by atoms with Crippen LogP contribution in [0.4, 0.5) is 0 Å². The average molecular weight is 558 g/mol. The summed E-state index contributed by atoms with van der Waals surface area (Å²) in [6.45, 7) is 4.73. The summed E-state index contributed by atoms with van der Waals surface area (Å²) >= 11 is 0. The van der Waals surface area contributed by atoms with Crippen molar-refractivity contribution in [1.29, 1.82) is 0 Å². The fourth-order valence-electron chi connectivity index (χ4n) is 1.60. The summed E-state index contributed by atoms with van der Waals surface area (Å²) in [6.07, 6.45) is 3.22. The van der Waals surface area contributed by atoms with Crippen LogP contribution in [-0.4, -0.2) is 66.1 Å². The molecule has 0 unspecified atom stereocenters. The monoisotopic (exact) mass is 557 g/mol.